The number of thiazole rings is 1. The summed E-state index contributed by atoms with van der Waals surface area (Å²) in [5.74, 6) is -0.555. The molecular weight excluding hydrogens is 435 g/mol. The normalized spacial score (nSPS) is 10.4. The van der Waals surface area contributed by atoms with E-state index in [0.717, 1.165) is 10.7 Å². The van der Waals surface area contributed by atoms with Gasteiger partial charge < -0.3 is 14.8 Å². The fraction of sp³-hybridized carbons (Fsp3) is 0.150. The van der Waals surface area contributed by atoms with Crippen molar-refractivity contribution in [3.8, 4) is 5.75 Å². The maximum Gasteiger partial charge on any atom is 0.338 e. The van der Waals surface area contributed by atoms with Gasteiger partial charge in [-0.2, -0.15) is 0 Å². The van der Waals surface area contributed by atoms with Gasteiger partial charge in [-0.1, -0.05) is 23.2 Å². The van der Waals surface area contributed by atoms with Crippen molar-refractivity contribution in [1.29, 1.82) is 0 Å². The Hall–Kier alpha value is -2.61. The standard InChI is InChI=1S/C20H16Cl2N2O4S/c1-12-23-15(11-29-12)9-27-16-5-2-13(3-6-16)20(26)28-10-19(25)24-18-8-14(21)4-7-17(18)22/h2-8,11H,9-10H2,1H3,(H,24,25). The minimum atomic E-state index is -0.626. The number of halogens is 2. The summed E-state index contributed by atoms with van der Waals surface area (Å²) in [5, 5.41) is 6.21. The minimum absolute atomic E-state index is 0.301. The van der Waals surface area contributed by atoms with Gasteiger partial charge >= 0.3 is 5.97 Å². The van der Waals surface area contributed by atoms with Crippen LogP contribution in [0.5, 0.6) is 5.75 Å². The summed E-state index contributed by atoms with van der Waals surface area (Å²) in [5.41, 5.74) is 1.49. The number of amides is 1. The smallest absolute Gasteiger partial charge is 0.338 e. The van der Waals surface area contributed by atoms with Gasteiger partial charge in [-0.15, -0.1) is 11.3 Å². The van der Waals surface area contributed by atoms with Gasteiger partial charge in [-0.05, 0) is 49.4 Å². The lowest BCUT2D eigenvalue weighted by molar-refractivity contribution is -0.119. The van der Waals surface area contributed by atoms with Gasteiger partial charge in [0.25, 0.3) is 5.91 Å². The van der Waals surface area contributed by atoms with E-state index in [1.54, 1.807) is 47.7 Å². The van der Waals surface area contributed by atoms with E-state index in [0.29, 0.717) is 33.7 Å². The number of aromatic nitrogens is 1. The Morgan fingerprint density at radius 2 is 1.90 bits per heavy atom. The van der Waals surface area contributed by atoms with Gasteiger partial charge in [-0.3, -0.25) is 4.79 Å². The van der Waals surface area contributed by atoms with Gasteiger partial charge in [0, 0.05) is 10.4 Å². The van der Waals surface area contributed by atoms with Crippen molar-refractivity contribution in [3.63, 3.8) is 0 Å². The van der Waals surface area contributed by atoms with Gasteiger partial charge in [0.05, 0.1) is 27.0 Å². The van der Waals surface area contributed by atoms with Crippen molar-refractivity contribution >= 4 is 52.1 Å². The van der Waals surface area contributed by atoms with Crippen molar-refractivity contribution in [2.24, 2.45) is 0 Å². The predicted octanol–water partition coefficient (Wildman–Crippen LogP) is 5.13. The highest BCUT2D eigenvalue weighted by Gasteiger charge is 2.12. The van der Waals surface area contributed by atoms with Crippen molar-refractivity contribution < 1.29 is 19.1 Å². The number of benzene rings is 2. The first-order valence-electron chi connectivity index (χ1n) is 8.46. The van der Waals surface area contributed by atoms with E-state index in [1.165, 1.54) is 6.07 Å². The number of hydrogen-bond acceptors (Lipinski definition) is 6. The maximum absolute atomic E-state index is 12.1. The third kappa shape index (κ3) is 6.19. The number of aryl methyl sites for hydroxylation is 1. The lowest BCUT2D eigenvalue weighted by Crippen LogP contribution is -2.21. The molecule has 1 aromatic heterocycles. The van der Waals surface area contributed by atoms with E-state index in [1.807, 2.05) is 12.3 Å². The molecule has 3 aromatic rings. The Kier molecular flexibility index (Phi) is 7.09. The first-order chi connectivity index (χ1) is 13.9. The van der Waals surface area contributed by atoms with E-state index in [-0.39, 0.29) is 0 Å². The third-order valence-electron chi connectivity index (χ3n) is 3.68. The average molecular weight is 451 g/mol. The number of esters is 1. The molecule has 29 heavy (non-hydrogen) atoms. The zero-order valence-electron chi connectivity index (χ0n) is 15.3. The van der Waals surface area contributed by atoms with Crippen LogP contribution in [0.2, 0.25) is 10.0 Å². The summed E-state index contributed by atoms with van der Waals surface area (Å²) in [6, 6.07) is 11.1. The van der Waals surface area contributed by atoms with Gasteiger partial charge in [0.2, 0.25) is 0 Å². The summed E-state index contributed by atoms with van der Waals surface area (Å²) in [4.78, 5) is 28.4. The van der Waals surface area contributed by atoms with Crippen LogP contribution >= 0.6 is 34.5 Å². The number of rotatable bonds is 7. The van der Waals surface area contributed by atoms with Gasteiger partial charge in [0.1, 0.15) is 12.4 Å². The summed E-state index contributed by atoms with van der Waals surface area (Å²) in [6.45, 7) is 1.82. The fourth-order valence-electron chi connectivity index (χ4n) is 2.31. The second-order valence-electron chi connectivity index (χ2n) is 5.92. The molecule has 0 saturated carbocycles. The molecule has 1 amide bonds. The van der Waals surface area contributed by atoms with Crippen LogP contribution in [0.15, 0.2) is 47.8 Å². The van der Waals surface area contributed by atoms with E-state index in [9.17, 15) is 9.59 Å². The number of carbonyl (C=O) groups excluding carboxylic acids is 2. The highest BCUT2D eigenvalue weighted by Crippen LogP contribution is 2.25. The molecule has 0 saturated heterocycles. The summed E-state index contributed by atoms with van der Waals surface area (Å²) in [6.07, 6.45) is 0. The van der Waals surface area contributed by atoms with Crippen LogP contribution in [-0.2, 0) is 16.1 Å². The van der Waals surface area contributed by atoms with Crippen LogP contribution in [0.4, 0.5) is 5.69 Å². The van der Waals surface area contributed by atoms with Crippen LogP contribution in [0.1, 0.15) is 21.1 Å². The molecule has 1 N–H and O–H groups in total. The number of nitrogens with one attached hydrogen (secondary N) is 1. The van der Waals surface area contributed by atoms with Crippen LogP contribution in [0.25, 0.3) is 0 Å². The molecule has 0 radical (unpaired) electrons. The highest BCUT2D eigenvalue weighted by atomic mass is 35.5. The first-order valence-corrected chi connectivity index (χ1v) is 10.1. The molecule has 0 bridgehead atoms. The predicted molar refractivity (Wildman–Crippen MR) is 113 cm³/mol. The number of anilines is 1. The summed E-state index contributed by atoms with van der Waals surface area (Å²) >= 11 is 13.4. The van der Waals surface area contributed by atoms with Crippen LogP contribution < -0.4 is 10.1 Å². The van der Waals surface area contributed by atoms with Crippen LogP contribution in [0, 0.1) is 6.92 Å². The summed E-state index contributed by atoms with van der Waals surface area (Å²) < 4.78 is 10.7. The molecule has 0 fully saturated rings. The van der Waals surface area contributed by atoms with Crippen molar-refractivity contribution in [3.05, 3.63) is 74.2 Å². The molecule has 0 aliphatic carbocycles. The lowest BCUT2D eigenvalue weighted by atomic mass is 10.2. The maximum atomic E-state index is 12.1. The van der Waals surface area contributed by atoms with E-state index >= 15 is 0 Å². The van der Waals surface area contributed by atoms with Gasteiger partial charge in [-0.25, -0.2) is 9.78 Å². The summed E-state index contributed by atoms with van der Waals surface area (Å²) in [7, 11) is 0. The number of hydrogen-bond donors (Lipinski definition) is 1. The molecule has 6 nitrogen and oxygen atoms in total. The molecule has 0 spiro atoms. The first kappa shape index (κ1) is 21.1. The quantitative estimate of drug-likeness (QED) is 0.504. The van der Waals surface area contributed by atoms with E-state index in [2.05, 4.69) is 10.3 Å². The molecule has 9 heteroatoms. The van der Waals surface area contributed by atoms with Crippen molar-refractivity contribution in [2.45, 2.75) is 13.5 Å². The zero-order chi connectivity index (χ0) is 20.8. The average Bonchev–Trinajstić information content (AvgIpc) is 3.13. The minimum Gasteiger partial charge on any atom is -0.487 e. The number of ether oxygens (including phenoxy) is 2. The highest BCUT2D eigenvalue weighted by molar-refractivity contribution is 7.09. The zero-order valence-corrected chi connectivity index (χ0v) is 17.6. The SMILES string of the molecule is Cc1nc(COc2ccc(C(=O)OCC(=O)Nc3cc(Cl)ccc3Cl)cc2)cs1. The third-order valence-corrected chi connectivity index (χ3v) is 5.07. The van der Waals surface area contributed by atoms with Crippen molar-refractivity contribution in [2.75, 3.05) is 11.9 Å². The van der Waals surface area contributed by atoms with Gasteiger partial charge in [0.15, 0.2) is 6.61 Å². The van der Waals surface area contributed by atoms with Crippen molar-refractivity contribution in [1.82, 2.24) is 4.98 Å². The molecule has 0 atom stereocenters. The molecule has 150 valence electrons. The molecule has 0 unspecified atom stereocenters. The Balaban J connectivity index is 1.48. The Morgan fingerprint density at radius 1 is 1.14 bits per heavy atom. The molecule has 0 aliphatic rings. The number of nitrogens with zero attached hydrogens (tertiary/aromatic N) is 1. The molecule has 0 aliphatic heterocycles. The van der Waals surface area contributed by atoms with Crippen LogP contribution in [-0.4, -0.2) is 23.5 Å². The van der Waals surface area contributed by atoms with Crippen LogP contribution in [0.3, 0.4) is 0 Å². The number of carbonyl (C=O) groups is 2. The monoisotopic (exact) mass is 450 g/mol. The molecule has 3 rings (SSSR count). The van der Waals surface area contributed by atoms with E-state index < -0.39 is 18.5 Å². The second-order valence-corrected chi connectivity index (χ2v) is 7.83. The fourth-order valence-corrected chi connectivity index (χ4v) is 3.25. The lowest BCUT2D eigenvalue weighted by Gasteiger charge is -2.09. The largest absolute Gasteiger partial charge is 0.487 e. The Bertz CT molecular complexity index is 1020. The second kappa shape index (κ2) is 9.73. The Labute approximate surface area is 181 Å². The van der Waals surface area contributed by atoms with E-state index in [4.69, 9.17) is 32.7 Å². The Morgan fingerprint density at radius 3 is 2.59 bits per heavy atom. The molecule has 1 heterocycles. The molecular formula is C20H16Cl2N2O4S. The topological polar surface area (TPSA) is 77.5 Å². The molecule has 2 aromatic carbocycles.